The quantitative estimate of drug-likeness (QED) is 0.195. The van der Waals surface area contributed by atoms with Gasteiger partial charge in [-0.1, -0.05) is 0 Å². The molecule has 4 aromatic rings. The first-order chi connectivity index (χ1) is 19.3. The average Bonchev–Trinajstić information content (AvgIpc) is 3.16. The Hall–Kier alpha value is -3.46. The Morgan fingerprint density at radius 1 is 1.22 bits per heavy atom. The molecule has 14 heteroatoms. The molecule has 5 rings (SSSR count). The monoisotopic (exact) mass is 593 g/mol. The van der Waals surface area contributed by atoms with Crippen molar-refractivity contribution in [3.05, 3.63) is 52.7 Å². The SMILES string of the molecule is CN(C)CCCOc1ccc(-c2cc3c(cc2F)ncc2c3n([C@H]3CCCOC3)c(=O)n2C)c(F)n1.CS(=O)(=O)O. The standard InChI is InChI=1S/C26H29F2N5O3.CH4O3S/c1-31(2)9-5-11-36-23-8-7-17(25(28)30-23)18-12-19-21(13-20(18)27)29-14-22-24(19)33(26(34)32(22)3)16-6-4-10-35-15-16;1-5(2,3)4/h7-8,12-14,16H,4-6,9-11,15H2,1-3H3;1H3,(H,2,3,4)/t16-;/m0./s1. The summed E-state index contributed by atoms with van der Waals surface area (Å²) in [5, 5.41) is 0.565. The van der Waals surface area contributed by atoms with Crippen LogP contribution in [0.1, 0.15) is 25.3 Å². The Labute approximate surface area is 236 Å². The van der Waals surface area contributed by atoms with Crippen molar-refractivity contribution in [1.82, 2.24) is 24.0 Å². The van der Waals surface area contributed by atoms with Gasteiger partial charge in [-0.25, -0.2) is 9.18 Å². The number of hydrogen-bond donors (Lipinski definition) is 1. The van der Waals surface area contributed by atoms with Crippen LogP contribution in [-0.2, 0) is 21.9 Å². The van der Waals surface area contributed by atoms with Gasteiger partial charge in [0.2, 0.25) is 11.8 Å². The Balaban J connectivity index is 0.000000714. The molecular formula is C27H33F2N5O6S. The highest BCUT2D eigenvalue weighted by Gasteiger charge is 2.25. The molecule has 222 valence electrons. The van der Waals surface area contributed by atoms with E-state index in [1.165, 1.54) is 22.8 Å². The Kier molecular flexibility index (Phi) is 9.37. The van der Waals surface area contributed by atoms with Crippen molar-refractivity contribution in [2.24, 2.45) is 7.05 Å². The van der Waals surface area contributed by atoms with Crippen LogP contribution in [0.15, 0.2) is 35.3 Å². The number of imidazole rings is 1. The van der Waals surface area contributed by atoms with E-state index in [1.54, 1.807) is 23.9 Å². The first-order valence-corrected chi connectivity index (χ1v) is 14.8. The summed E-state index contributed by atoms with van der Waals surface area (Å²) in [7, 11) is 1.95. The van der Waals surface area contributed by atoms with Crippen molar-refractivity contribution in [3.63, 3.8) is 0 Å². The molecule has 1 aliphatic rings. The maximum atomic E-state index is 15.2. The Morgan fingerprint density at radius 3 is 2.59 bits per heavy atom. The minimum absolute atomic E-state index is 0.0119. The van der Waals surface area contributed by atoms with Gasteiger partial charge in [0.05, 0.1) is 48.3 Å². The van der Waals surface area contributed by atoms with Crippen LogP contribution in [0.2, 0.25) is 0 Å². The summed E-state index contributed by atoms with van der Waals surface area (Å²) in [5.41, 5.74) is 1.51. The number of benzene rings is 1. The third-order valence-corrected chi connectivity index (χ3v) is 6.62. The fourth-order valence-electron chi connectivity index (χ4n) is 4.78. The molecule has 3 aromatic heterocycles. The van der Waals surface area contributed by atoms with Crippen LogP contribution in [0.25, 0.3) is 33.1 Å². The number of aromatic nitrogens is 4. The van der Waals surface area contributed by atoms with Crippen molar-refractivity contribution < 1.29 is 31.2 Å². The molecule has 1 aromatic carbocycles. The summed E-state index contributed by atoms with van der Waals surface area (Å²) in [5.74, 6) is -1.31. The molecule has 0 unspecified atom stereocenters. The number of hydrogen-bond acceptors (Lipinski definition) is 8. The number of halogens is 2. The number of nitrogens with zero attached hydrogens (tertiary/aromatic N) is 5. The van der Waals surface area contributed by atoms with Gasteiger partial charge >= 0.3 is 5.69 Å². The molecule has 1 aliphatic heterocycles. The Bertz CT molecular complexity index is 1710. The third kappa shape index (κ3) is 7.25. The van der Waals surface area contributed by atoms with Crippen molar-refractivity contribution in [2.45, 2.75) is 25.3 Å². The Morgan fingerprint density at radius 2 is 1.95 bits per heavy atom. The predicted molar refractivity (Wildman–Crippen MR) is 151 cm³/mol. The van der Waals surface area contributed by atoms with Crippen LogP contribution in [0.5, 0.6) is 5.88 Å². The van der Waals surface area contributed by atoms with E-state index in [4.69, 9.17) is 14.0 Å². The molecule has 4 heterocycles. The van der Waals surface area contributed by atoms with Crippen LogP contribution < -0.4 is 10.4 Å². The second-order valence-corrected chi connectivity index (χ2v) is 11.6. The maximum Gasteiger partial charge on any atom is 0.329 e. The van der Waals surface area contributed by atoms with Crippen molar-refractivity contribution in [1.29, 1.82) is 0 Å². The molecule has 0 radical (unpaired) electrons. The summed E-state index contributed by atoms with van der Waals surface area (Å²) in [6.07, 6.45) is 4.70. The molecule has 0 bridgehead atoms. The molecule has 0 aliphatic carbocycles. The van der Waals surface area contributed by atoms with Gasteiger partial charge in [0, 0.05) is 48.8 Å². The van der Waals surface area contributed by atoms with E-state index in [0.29, 0.717) is 48.0 Å². The van der Waals surface area contributed by atoms with Crippen LogP contribution in [0.3, 0.4) is 0 Å². The molecule has 0 saturated carbocycles. The highest BCUT2D eigenvalue weighted by Crippen LogP contribution is 2.34. The second-order valence-electron chi connectivity index (χ2n) is 10.1. The summed E-state index contributed by atoms with van der Waals surface area (Å²) in [4.78, 5) is 23.5. The molecule has 11 nitrogen and oxygen atoms in total. The summed E-state index contributed by atoms with van der Waals surface area (Å²) >= 11 is 0. The van der Waals surface area contributed by atoms with Crippen LogP contribution in [0, 0.1) is 11.8 Å². The lowest BCUT2D eigenvalue weighted by Gasteiger charge is -2.23. The zero-order valence-electron chi connectivity index (χ0n) is 23.3. The number of ether oxygens (including phenoxy) is 2. The largest absolute Gasteiger partial charge is 0.478 e. The second kappa shape index (κ2) is 12.6. The predicted octanol–water partition coefficient (Wildman–Crippen LogP) is 3.41. The number of pyridine rings is 2. The molecule has 41 heavy (non-hydrogen) atoms. The average molecular weight is 594 g/mol. The molecule has 1 atom stereocenters. The highest BCUT2D eigenvalue weighted by atomic mass is 32.2. The van der Waals surface area contributed by atoms with Gasteiger partial charge in [0.1, 0.15) is 5.82 Å². The van der Waals surface area contributed by atoms with Crippen molar-refractivity contribution in [2.75, 3.05) is 46.7 Å². The van der Waals surface area contributed by atoms with E-state index in [9.17, 15) is 13.2 Å². The minimum atomic E-state index is -3.67. The minimum Gasteiger partial charge on any atom is -0.478 e. The van der Waals surface area contributed by atoms with Gasteiger partial charge in [0.25, 0.3) is 10.1 Å². The number of fused-ring (bicyclic) bond motifs is 3. The lowest BCUT2D eigenvalue weighted by atomic mass is 10.0. The summed E-state index contributed by atoms with van der Waals surface area (Å²) in [6, 6.07) is 5.69. The first-order valence-electron chi connectivity index (χ1n) is 13.0. The normalized spacial score (nSPS) is 15.8. The van der Waals surface area contributed by atoms with Gasteiger partial charge in [0.15, 0.2) is 0 Å². The van der Waals surface area contributed by atoms with Crippen LogP contribution in [0.4, 0.5) is 8.78 Å². The van der Waals surface area contributed by atoms with E-state index < -0.39 is 21.9 Å². The fraction of sp³-hybridized carbons (Fsp3) is 0.444. The highest BCUT2D eigenvalue weighted by molar-refractivity contribution is 7.85. The summed E-state index contributed by atoms with van der Waals surface area (Å²) < 4.78 is 70.5. The van der Waals surface area contributed by atoms with Gasteiger partial charge < -0.3 is 14.4 Å². The number of rotatable bonds is 7. The molecule has 1 fully saturated rings. The van der Waals surface area contributed by atoms with Crippen molar-refractivity contribution >= 4 is 32.1 Å². The van der Waals surface area contributed by atoms with Crippen molar-refractivity contribution in [3.8, 4) is 17.0 Å². The van der Waals surface area contributed by atoms with E-state index in [0.717, 1.165) is 25.8 Å². The topological polar surface area (TPSA) is 129 Å². The van der Waals surface area contributed by atoms with Gasteiger partial charge in [-0.3, -0.25) is 18.7 Å². The van der Waals surface area contributed by atoms with Crippen LogP contribution >= 0.6 is 0 Å². The lowest BCUT2D eigenvalue weighted by Crippen LogP contribution is -2.31. The first kappa shape index (κ1) is 30.5. The zero-order valence-corrected chi connectivity index (χ0v) is 24.1. The van der Waals surface area contributed by atoms with E-state index in [-0.39, 0.29) is 28.7 Å². The number of aryl methyl sites for hydroxylation is 1. The molecular weight excluding hydrogens is 560 g/mol. The zero-order chi connectivity index (χ0) is 29.9. The molecule has 0 amide bonds. The van der Waals surface area contributed by atoms with Gasteiger partial charge in [-0.05, 0) is 45.5 Å². The van der Waals surface area contributed by atoms with E-state index >= 15 is 8.78 Å². The lowest BCUT2D eigenvalue weighted by molar-refractivity contribution is 0.0593. The molecule has 1 saturated heterocycles. The summed E-state index contributed by atoms with van der Waals surface area (Å²) in [6.45, 7) is 2.32. The molecule has 0 spiro atoms. The smallest absolute Gasteiger partial charge is 0.329 e. The fourth-order valence-corrected chi connectivity index (χ4v) is 4.78. The van der Waals surface area contributed by atoms with Gasteiger partial charge in [-0.15, -0.1) is 0 Å². The molecule has 1 N–H and O–H groups in total. The van der Waals surface area contributed by atoms with E-state index in [1.807, 2.05) is 19.0 Å². The van der Waals surface area contributed by atoms with E-state index in [2.05, 4.69) is 9.97 Å². The maximum absolute atomic E-state index is 15.2. The van der Waals surface area contributed by atoms with Crippen LogP contribution in [-0.4, -0.2) is 83.7 Å². The van der Waals surface area contributed by atoms with Gasteiger partial charge in [-0.2, -0.15) is 17.8 Å². The third-order valence-electron chi connectivity index (χ3n) is 6.62.